The number of halogens is 1. The minimum Gasteiger partial charge on any atom is -0.400 e. The third-order valence-electron chi connectivity index (χ3n) is 4.15. The summed E-state index contributed by atoms with van der Waals surface area (Å²) in [5.74, 6) is 0. The van der Waals surface area contributed by atoms with Crippen molar-refractivity contribution in [2.75, 3.05) is 12.3 Å². The van der Waals surface area contributed by atoms with E-state index in [-0.39, 0.29) is 0 Å². The average molecular weight is 309 g/mol. The maximum atomic E-state index is 6.19. The van der Waals surface area contributed by atoms with Crippen molar-refractivity contribution in [2.45, 2.75) is 38.9 Å². The Morgan fingerprint density at radius 1 is 1.24 bits per heavy atom. The molecule has 1 heterocycles. The molecule has 4 nitrogen and oxygen atoms in total. The summed E-state index contributed by atoms with van der Waals surface area (Å²) in [4.78, 5) is 0. The van der Waals surface area contributed by atoms with Gasteiger partial charge >= 0.3 is 7.12 Å². The normalized spacial score (nSPS) is 20.9. The van der Waals surface area contributed by atoms with Gasteiger partial charge in [-0.1, -0.05) is 17.7 Å². The summed E-state index contributed by atoms with van der Waals surface area (Å²) < 4.78 is 12.0. The highest BCUT2D eigenvalue weighted by molar-refractivity contribution is 6.56. The minimum absolute atomic E-state index is 0.321. The molecule has 114 valence electrons. The van der Waals surface area contributed by atoms with Gasteiger partial charge in [-0.3, -0.25) is 0 Å². The molecule has 1 aromatic rings. The van der Waals surface area contributed by atoms with Crippen LogP contribution in [0.3, 0.4) is 0 Å². The molecule has 0 aromatic heterocycles. The van der Waals surface area contributed by atoms with Crippen LogP contribution in [-0.4, -0.2) is 24.9 Å². The smallest absolute Gasteiger partial charge is 0.400 e. The fourth-order valence-corrected chi connectivity index (χ4v) is 2.26. The van der Waals surface area contributed by atoms with Gasteiger partial charge in [-0.2, -0.15) is 0 Å². The molecule has 4 N–H and O–H groups in total. The topological polar surface area (TPSA) is 70.5 Å². The van der Waals surface area contributed by atoms with Crippen molar-refractivity contribution in [2.24, 2.45) is 5.73 Å². The number of rotatable bonds is 3. The van der Waals surface area contributed by atoms with Crippen molar-refractivity contribution in [3.8, 4) is 0 Å². The molecular formula is C15H22BClN2O2. The van der Waals surface area contributed by atoms with Gasteiger partial charge in [0.1, 0.15) is 0 Å². The number of nitrogen functional groups attached to an aromatic ring is 1. The highest BCUT2D eigenvalue weighted by Crippen LogP contribution is 2.38. The molecule has 0 amide bonds. The predicted molar refractivity (Wildman–Crippen MR) is 89.0 cm³/mol. The van der Waals surface area contributed by atoms with Gasteiger partial charge in [-0.15, -0.1) is 0 Å². The van der Waals surface area contributed by atoms with Crippen LogP contribution in [0.5, 0.6) is 0 Å². The van der Waals surface area contributed by atoms with Crippen LogP contribution in [-0.2, 0) is 9.31 Å². The lowest BCUT2D eigenvalue weighted by molar-refractivity contribution is 0.00578. The third-order valence-corrected chi connectivity index (χ3v) is 4.50. The summed E-state index contributed by atoms with van der Waals surface area (Å²) >= 11 is 6.19. The summed E-state index contributed by atoms with van der Waals surface area (Å²) in [6, 6.07) is 5.33. The summed E-state index contributed by atoms with van der Waals surface area (Å²) in [5.41, 5.74) is 13.2. The Hall–Kier alpha value is -1.01. The molecule has 1 aliphatic heterocycles. The van der Waals surface area contributed by atoms with Gasteiger partial charge in [0.05, 0.1) is 11.2 Å². The molecule has 0 atom stereocenters. The lowest BCUT2D eigenvalue weighted by Gasteiger charge is -2.32. The second-order valence-electron chi connectivity index (χ2n) is 6.29. The lowest BCUT2D eigenvalue weighted by Crippen LogP contribution is -2.41. The van der Waals surface area contributed by atoms with E-state index in [2.05, 4.69) is 0 Å². The van der Waals surface area contributed by atoms with Crippen molar-refractivity contribution < 1.29 is 9.31 Å². The quantitative estimate of drug-likeness (QED) is 0.665. The first kappa shape index (κ1) is 16.4. The second-order valence-corrected chi connectivity index (χ2v) is 6.70. The van der Waals surface area contributed by atoms with E-state index in [9.17, 15) is 0 Å². The van der Waals surface area contributed by atoms with E-state index in [0.717, 1.165) is 11.0 Å². The van der Waals surface area contributed by atoms with Gasteiger partial charge in [0.25, 0.3) is 0 Å². The third kappa shape index (κ3) is 3.26. The van der Waals surface area contributed by atoms with Gasteiger partial charge < -0.3 is 20.8 Å². The van der Waals surface area contributed by atoms with E-state index < -0.39 is 18.3 Å². The number of hydrogen-bond donors (Lipinski definition) is 2. The van der Waals surface area contributed by atoms with Crippen LogP contribution in [0, 0.1) is 0 Å². The molecule has 0 radical (unpaired) electrons. The number of nitrogens with two attached hydrogens (primary N) is 2. The predicted octanol–water partition coefficient (Wildman–Crippen LogP) is 2.90. The molecule has 1 aliphatic rings. The SMILES string of the molecule is CC1(C)OB(C(=Cc2cc(N)ccc2Cl)CN)OC1(C)C. The van der Waals surface area contributed by atoms with E-state index in [1.54, 1.807) is 12.1 Å². The zero-order chi connectivity index (χ0) is 15.8. The second kappa shape index (κ2) is 5.65. The Kier molecular flexibility index (Phi) is 4.40. The van der Waals surface area contributed by atoms with Crippen LogP contribution in [0.4, 0.5) is 5.69 Å². The largest absolute Gasteiger partial charge is 0.491 e. The van der Waals surface area contributed by atoms with Crippen molar-refractivity contribution in [3.63, 3.8) is 0 Å². The van der Waals surface area contributed by atoms with Crippen molar-refractivity contribution in [1.29, 1.82) is 0 Å². The molecule has 1 aromatic carbocycles. The summed E-state index contributed by atoms with van der Waals surface area (Å²) in [7, 11) is -0.475. The zero-order valence-electron chi connectivity index (χ0n) is 12.9. The first-order valence-corrected chi connectivity index (χ1v) is 7.35. The molecule has 1 saturated heterocycles. The fraction of sp³-hybridized carbons (Fsp3) is 0.467. The van der Waals surface area contributed by atoms with Gasteiger partial charge in [0.2, 0.25) is 0 Å². The molecule has 1 fully saturated rings. The first-order valence-electron chi connectivity index (χ1n) is 6.97. The maximum Gasteiger partial charge on any atom is 0.491 e. The van der Waals surface area contributed by atoms with E-state index in [1.165, 1.54) is 0 Å². The summed E-state index contributed by atoms with van der Waals surface area (Å²) in [5, 5.41) is 0.617. The first-order chi connectivity index (χ1) is 9.66. The maximum absolute atomic E-state index is 6.19. The molecule has 6 heteroatoms. The summed E-state index contributed by atoms with van der Waals surface area (Å²) in [6.07, 6.45) is 1.89. The van der Waals surface area contributed by atoms with E-state index in [4.69, 9.17) is 32.4 Å². The number of benzene rings is 1. The lowest BCUT2D eigenvalue weighted by atomic mass is 9.77. The van der Waals surface area contributed by atoms with Gasteiger partial charge in [0, 0.05) is 17.3 Å². The van der Waals surface area contributed by atoms with Crippen LogP contribution in [0.25, 0.3) is 6.08 Å². The Bertz CT molecular complexity index is 557. The molecule has 0 spiro atoms. The average Bonchev–Trinajstić information content (AvgIpc) is 2.59. The minimum atomic E-state index is -0.475. The van der Waals surface area contributed by atoms with Crippen molar-refractivity contribution >= 4 is 30.5 Å². The Labute approximate surface area is 131 Å². The van der Waals surface area contributed by atoms with Gasteiger partial charge in [-0.25, -0.2) is 0 Å². The zero-order valence-corrected chi connectivity index (χ0v) is 13.7. The highest BCUT2D eigenvalue weighted by atomic mass is 35.5. The van der Waals surface area contributed by atoms with E-state index in [1.807, 2.05) is 39.8 Å². The molecule has 0 bridgehead atoms. The Morgan fingerprint density at radius 3 is 2.33 bits per heavy atom. The molecule has 0 saturated carbocycles. The molecular weight excluding hydrogens is 286 g/mol. The number of hydrogen-bond acceptors (Lipinski definition) is 4. The van der Waals surface area contributed by atoms with Crippen molar-refractivity contribution in [3.05, 3.63) is 34.3 Å². The molecule has 21 heavy (non-hydrogen) atoms. The summed E-state index contributed by atoms with van der Waals surface area (Å²) in [6.45, 7) is 8.36. The van der Waals surface area contributed by atoms with Gasteiger partial charge in [0.15, 0.2) is 0 Å². The van der Waals surface area contributed by atoms with E-state index >= 15 is 0 Å². The Morgan fingerprint density at radius 2 is 1.81 bits per heavy atom. The standard InChI is InChI=1S/C15H22BClN2O2/c1-14(2)15(3,4)21-16(20-14)11(9-18)7-10-8-12(19)5-6-13(10)17/h5-8H,9,18-19H2,1-4H3. The highest BCUT2D eigenvalue weighted by Gasteiger charge is 2.52. The van der Waals surface area contributed by atoms with Crippen LogP contribution in [0.15, 0.2) is 23.7 Å². The molecule has 0 aliphatic carbocycles. The van der Waals surface area contributed by atoms with Crippen LogP contribution < -0.4 is 11.5 Å². The molecule has 0 unspecified atom stereocenters. The molecule has 2 rings (SSSR count). The van der Waals surface area contributed by atoms with Crippen molar-refractivity contribution in [1.82, 2.24) is 0 Å². The van der Waals surface area contributed by atoms with E-state index in [0.29, 0.717) is 17.3 Å². The fourth-order valence-electron chi connectivity index (χ4n) is 2.09. The monoisotopic (exact) mass is 308 g/mol. The van der Waals surface area contributed by atoms with Crippen LogP contribution in [0.2, 0.25) is 5.02 Å². The van der Waals surface area contributed by atoms with Gasteiger partial charge in [-0.05, 0) is 56.9 Å². The Balaban J connectivity index is 2.33. The van der Waals surface area contributed by atoms with Crippen LogP contribution >= 0.6 is 11.6 Å². The number of anilines is 1. The van der Waals surface area contributed by atoms with Crippen LogP contribution in [0.1, 0.15) is 33.3 Å².